The Hall–Kier alpha value is -0.170. The molecule has 2 aliphatic heterocycles. The Bertz CT molecular complexity index is 297. The average molecular weight is 235 g/mol. The maximum absolute atomic E-state index is 11.2. The average Bonchev–Trinajstić information content (AvgIpc) is 2.57. The van der Waals surface area contributed by atoms with E-state index in [4.69, 9.17) is 9.47 Å². The number of morpholine rings is 1. The zero-order valence-electron chi connectivity index (χ0n) is 8.65. The molecule has 0 spiro atoms. The Labute approximate surface area is 90.0 Å². The molecule has 0 amide bonds. The van der Waals surface area contributed by atoms with Crippen LogP contribution >= 0.6 is 0 Å². The van der Waals surface area contributed by atoms with Crippen LogP contribution in [-0.4, -0.2) is 58.4 Å². The topological polar surface area (TPSA) is 64.6 Å². The normalized spacial score (nSPS) is 35.5. The second kappa shape index (κ2) is 4.78. The van der Waals surface area contributed by atoms with E-state index in [1.807, 2.05) is 0 Å². The number of nitrogens with one attached hydrogen (secondary N) is 1. The van der Waals surface area contributed by atoms with Gasteiger partial charge >= 0.3 is 0 Å². The monoisotopic (exact) mass is 235 g/mol. The van der Waals surface area contributed by atoms with Gasteiger partial charge in [0.2, 0.25) is 0 Å². The van der Waals surface area contributed by atoms with Gasteiger partial charge in [0.05, 0.1) is 36.9 Å². The lowest BCUT2D eigenvalue weighted by Gasteiger charge is -2.24. The summed E-state index contributed by atoms with van der Waals surface area (Å²) in [5, 5.41) is 3.20. The molecular weight excluding hydrogens is 218 g/mol. The summed E-state index contributed by atoms with van der Waals surface area (Å²) in [6.45, 7) is 2.87. The molecule has 2 unspecified atom stereocenters. The predicted molar refractivity (Wildman–Crippen MR) is 55.6 cm³/mol. The van der Waals surface area contributed by atoms with E-state index in [0.29, 0.717) is 19.6 Å². The van der Waals surface area contributed by atoms with E-state index in [1.54, 1.807) is 0 Å². The first-order chi connectivity index (χ1) is 7.16. The minimum Gasteiger partial charge on any atom is -0.374 e. The molecule has 6 heteroatoms. The van der Waals surface area contributed by atoms with Crippen LogP contribution in [-0.2, 0) is 19.3 Å². The first-order valence-corrected chi connectivity index (χ1v) is 7.12. The molecule has 2 heterocycles. The summed E-state index contributed by atoms with van der Waals surface area (Å²) in [7, 11) is -2.83. The standard InChI is InChI=1S/C9H17NO4S/c11-15(12)4-1-8(7-15)14-6-9-5-10-2-3-13-9/h8-10H,1-7H2. The van der Waals surface area contributed by atoms with Crippen LogP contribution in [0.1, 0.15) is 6.42 Å². The van der Waals surface area contributed by atoms with Crippen molar-refractivity contribution in [2.75, 3.05) is 37.8 Å². The third-order valence-electron chi connectivity index (χ3n) is 2.71. The van der Waals surface area contributed by atoms with Crippen molar-refractivity contribution in [3.63, 3.8) is 0 Å². The largest absolute Gasteiger partial charge is 0.374 e. The van der Waals surface area contributed by atoms with Crippen LogP contribution in [0, 0.1) is 0 Å². The van der Waals surface area contributed by atoms with Crippen LogP contribution < -0.4 is 5.32 Å². The molecule has 0 radical (unpaired) electrons. The van der Waals surface area contributed by atoms with Crippen molar-refractivity contribution in [1.82, 2.24) is 5.32 Å². The number of rotatable bonds is 3. The molecule has 5 nitrogen and oxygen atoms in total. The lowest BCUT2D eigenvalue weighted by atomic mass is 10.3. The zero-order chi connectivity index (χ0) is 10.7. The highest BCUT2D eigenvalue weighted by molar-refractivity contribution is 7.91. The van der Waals surface area contributed by atoms with E-state index in [2.05, 4.69) is 5.32 Å². The van der Waals surface area contributed by atoms with Gasteiger partial charge in [0.25, 0.3) is 0 Å². The molecule has 15 heavy (non-hydrogen) atoms. The number of ether oxygens (including phenoxy) is 2. The van der Waals surface area contributed by atoms with Crippen LogP contribution in [0.2, 0.25) is 0 Å². The lowest BCUT2D eigenvalue weighted by molar-refractivity contribution is -0.0493. The van der Waals surface area contributed by atoms with E-state index in [9.17, 15) is 8.42 Å². The molecule has 0 aromatic heterocycles. The molecule has 1 N–H and O–H groups in total. The Balaban J connectivity index is 1.70. The first kappa shape index (κ1) is 11.3. The van der Waals surface area contributed by atoms with Crippen molar-refractivity contribution in [2.24, 2.45) is 0 Å². The Morgan fingerprint density at radius 1 is 1.47 bits per heavy atom. The van der Waals surface area contributed by atoms with Gasteiger partial charge in [0, 0.05) is 13.1 Å². The summed E-state index contributed by atoms with van der Waals surface area (Å²) in [5.41, 5.74) is 0. The van der Waals surface area contributed by atoms with Crippen molar-refractivity contribution in [2.45, 2.75) is 18.6 Å². The zero-order valence-corrected chi connectivity index (χ0v) is 9.46. The molecular formula is C9H17NO4S. The van der Waals surface area contributed by atoms with Crippen LogP contribution in [0.5, 0.6) is 0 Å². The second-order valence-corrected chi connectivity index (χ2v) is 6.28. The van der Waals surface area contributed by atoms with Crippen molar-refractivity contribution >= 4 is 9.84 Å². The molecule has 0 aliphatic carbocycles. The van der Waals surface area contributed by atoms with E-state index >= 15 is 0 Å². The van der Waals surface area contributed by atoms with Crippen LogP contribution in [0.3, 0.4) is 0 Å². The Morgan fingerprint density at radius 2 is 2.33 bits per heavy atom. The molecule has 0 bridgehead atoms. The molecule has 88 valence electrons. The van der Waals surface area contributed by atoms with Gasteiger partial charge in [-0.25, -0.2) is 8.42 Å². The van der Waals surface area contributed by atoms with Gasteiger partial charge in [-0.15, -0.1) is 0 Å². The molecule has 0 aromatic rings. The maximum Gasteiger partial charge on any atom is 0.152 e. The van der Waals surface area contributed by atoms with E-state index < -0.39 is 9.84 Å². The third-order valence-corrected chi connectivity index (χ3v) is 4.45. The van der Waals surface area contributed by atoms with Gasteiger partial charge < -0.3 is 14.8 Å². The van der Waals surface area contributed by atoms with Crippen LogP contribution in [0.25, 0.3) is 0 Å². The van der Waals surface area contributed by atoms with Gasteiger partial charge in [0.15, 0.2) is 9.84 Å². The van der Waals surface area contributed by atoms with E-state index in [-0.39, 0.29) is 23.7 Å². The van der Waals surface area contributed by atoms with Crippen molar-refractivity contribution in [1.29, 1.82) is 0 Å². The van der Waals surface area contributed by atoms with Gasteiger partial charge in [-0.05, 0) is 6.42 Å². The molecule has 2 saturated heterocycles. The fourth-order valence-corrected chi connectivity index (χ4v) is 3.48. The fourth-order valence-electron chi connectivity index (χ4n) is 1.86. The molecule has 2 fully saturated rings. The van der Waals surface area contributed by atoms with Gasteiger partial charge in [-0.2, -0.15) is 0 Å². The summed E-state index contributed by atoms with van der Waals surface area (Å²) < 4.78 is 33.3. The predicted octanol–water partition coefficient (Wildman–Crippen LogP) is -0.821. The van der Waals surface area contributed by atoms with Crippen LogP contribution in [0.4, 0.5) is 0 Å². The molecule has 2 rings (SSSR count). The smallest absolute Gasteiger partial charge is 0.152 e. The minimum atomic E-state index is -2.83. The molecule has 0 aromatic carbocycles. The first-order valence-electron chi connectivity index (χ1n) is 5.30. The number of hydrogen-bond donors (Lipinski definition) is 1. The lowest BCUT2D eigenvalue weighted by Crippen LogP contribution is -2.41. The van der Waals surface area contributed by atoms with E-state index in [0.717, 1.165) is 13.1 Å². The van der Waals surface area contributed by atoms with Crippen molar-refractivity contribution in [3.05, 3.63) is 0 Å². The summed E-state index contributed by atoms with van der Waals surface area (Å²) in [6, 6.07) is 0. The van der Waals surface area contributed by atoms with Crippen molar-refractivity contribution in [3.8, 4) is 0 Å². The fraction of sp³-hybridized carbons (Fsp3) is 1.00. The molecule has 0 saturated carbocycles. The molecule has 2 atom stereocenters. The van der Waals surface area contributed by atoms with Gasteiger partial charge in [0.1, 0.15) is 0 Å². The number of sulfone groups is 1. The van der Waals surface area contributed by atoms with Gasteiger partial charge in [-0.1, -0.05) is 0 Å². The van der Waals surface area contributed by atoms with Gasteiger partial charge in [-0.3, -0.25) is 0 Å². The third kappa shape index (κ3) is 3.41. The minimum absolute atomic E-state index is 0.0713. The highest BCUT2D eigenvalue weighted by atomic mass is 32.2. The SMILES string of the molecule is O=S1(=O)CCC(OCC2CNCCO2)C1. The highest BCUT2D eigenvalue weighted by Gasteiger charge is 2.29. The summed E-state index contributed by atoms with van der Waals surface area (Å²) in [5.74, 6) is 0.439. The maximum atomic E-state index is 11.2. The van der Waals surface area contributed by atoms with Crippen molar-refractivity contribution < 1.29 is 17.9 Å². The highest BCUT2D eigenvalue weighted by Crippen LogP contribution is 2.15. The van der Waals surface area contributed by atoms with Crippen LogP contribution in [0.15, 0.2) is 0 Å². The number of hydrogen-bond acceptors (Lipinski definition) is 5. The summed E-state index contributed by atoms with van der Waals surface area (Å²) in [4.78, 5) is 0. The van der Waals surface area contributed by atoms with E-state index in [1.165, 1.54) is 0 Å². The summed E-state index contributed by atoms with van der Waals surface area (Å²) in [6.07, 6.45) is 0.574. The quantitative estimate of drug-likeness (QED) is 0.692. The Morgan fingerprint density at radius 3 is 2.93 bits per heavy atom. The summed E-state index contributed by atoms with van der Waals surface area (Å²) >= 11 is 0. The molecule has 2 aliphatic rings. The second-order valence-electron chi connectivity index (χ2n) is 4.06. The Kier molecular flexibility index (Phi) is 3.60.